The first-order valence-electron chi connectivity index (χ1n) is 7.19. The summed E-state index contributed by atoms with van der Waals surface area (Å²) in [6, 6.07) is 0. The molecule has 0 radical (unpaired) electrons. The van der Waals surface area contributed by atoms with Crippen molar-refractivity contribution in [2.24, 2.45) is 0 Å². The highest BCUT2D eigenvalue weighted by Crippen LogP contribution is 2.21. The molecule has 0 heterocycles. The van der Waals surface area contributed by atoms with E-state index < -0.39 is 5.97 Å². The molecule has 0 spiro atoms. The number of allylic oxidation sites excluding steroid dienone is 2. The van der Waals surface area contributed by atoms with E-state index in [1.165, 1.54) is 38.5 Å². The largest absolute Gasteiger partial charge is 0.481 e. The van der Waals surface area contributed by atoms with Crippen molar-refractivity contribution in [3.05, 3.63) is 12.2 Å². The van der Waals surface area contributed by atoms with Gasteiger partial charge in [0.15, 0.2) is 0 Å². The fourth-order valence-electron chi connectivity index (χ4n) is 1.75. The maximum absolute atomic E-state index is 10.4. The molecule has 1 unspecified atom stereocenters. The van der Waals surface area contributed by atoms with E-state index in [-0.39, 0.29) is 0 Å². The highest BCUT2D eigenvalue weighted by Gasteiger charge is 2.07. The van der Waals surface area contributed by atoms with Crippen LogP contribution in [0.15, 0.2) is 12.2 Å². The Morgan fingerprint density at radius 1 is 1.22 bits per heavy atom. The molecule has 0 aromatic rings. The van der Waals surface area contributed by atoms with Gasteiger partial charge in [-0.15, -0.1) is 0 Å². The summed E-state index contributed by atoms with van der Waals surface area (Å²) in [4.78, 5) is 10.4. The lowest BCUT2D eigenvalue weighted by atomic mass is 10.1. The van der Waals surface area contributed by atoms with E-state index in [2.05, 4.69) is 26.0 Å². The average Bonchev–Trinajstić information content (AvgIpc) is 2.35. The van der Waals surface area contributed by atoms with Crippen LogP contribution in [0, 0.1) is 0 Å². The molecule has 1 atom stereocenters. The summed E-state index contributed by atoms with van der Waals surface area (Å²) in [5.41, 5.74) is 0. The Morgan fingerprint density at radius 3 is 2.56 bits per heavy atom. The molecular formula is C15H28O2S. The van der Waals surface area contributed by atoms with Gasteiger partial charge in [-0.05, 0) is 32.1 Å². The second-order valence-electron chi connectivity index (χ2n) is 4.59. The molecule has 0 saturated carbocycles. The number of unbranched alkanes of at least 4 members (excludes halogenated alkanes) is 3. The van der Waals surface area contributed by atoms with Crippen LogP contribution >= 0.6 is 11.8 Å². The molecule has 3 heteroatoms. The summed E-state index contributed by atoms with van der Waals surface area (Å²) < 4.78 is 0. The van der Waals surface area contributed by atoms with Gasteiger partial charge in [-0.1, -0.05) is 38.8 Å². The lowest BCUT2D eigenvalue weighted by Crippen LogP contribution is -2.04. The molecule has 0 rings (SSSR count). The summed E-state index contributed by atoms with van der Waals surface area (Å²) in [6.07, 6.45) is 13.4. The molecular weight excluding hydrogens is 244 g/mol. The van der Waals surface area contributed by atoms with E-state index in [4.69, 9.17) is 5.11 Å². The number of rotatable bonds is 12. The monoisotopic (exact) mass is 272 g/mol. The average molecular weight is 272 g/mol. The number of hydrogen-bond acceptors (Lipinski definition) is 2. The van der Waals surface area contributed by atoms with Crippen molar-refractivity contribution in [3.63, 3.8) is 0 Å². The smallest absolute Gasteiger partial charge is 0.304 e. The van der Waals surface area contributed by atoms with Crippen LogP contribution in [-0.4, -0.2) is 22.1 Å². The zero-order valence-corrected chi connectivity index (χ0v) is 12.7. The molecule has 0 aliphatic heterocycles. The molecule has 0 aromatic carbocycles. The molecule has 0 aromatic heterocycles. The summed E-state index contributed by atoms with van der Waals surface area (Å²) in [5, 5.41) is 9.24. The third-order valence-corrected chi connectivity index (χ3v) is 4.37. The lowest BCUT2D eigenvalue weighted by molar-refractivity contribution is -0.136. The van der Waals surface area contributed by atoms with Gasteiger partial charge in [0.2, 0.25) is 0 Å². The topological polar surface area (TPSA) is 37.3 Å². The highest BCUT2D eigenvalue weighted by atomic mass is 32.2. The number of hydrogen-bond donors (Lipinski definition) is 1. The third kappa shape index (κ3) is 12.0. The SMILES string of the molecule is CCCC=CCCCCC(CC)SCCC(=O)O. The number of carboxylic acids is 1. The van der Waals surface area contributed by atoms with Crippen LogP contribution in [0.4, 0.5) is 0 Å². The van der Waals surface area contributed by atoms with E-state index in [9.17, 15) is 4.79 Å². The number of thioether (sulfide) groups is 1. The molecule has 1 N–H and O–H groups in total. The Balaban J connectivity index is 3.46. The Kier molecular flexibility index (Phi) is 12.7. The quantitative estimate of drug-likeness (QED) is 0.406. The molecule has 2 nitrogen and oxygen atoms in total. The molecule has 0 aliphatic carbocycles. The van der Waals surface area contributed by atoms with Crippen molar-refractivity contribution in [2.45, 2.75) is 70.5 Å². The van der Waals surface area contributed by atoms with Gasteiger partial charge in [0.25, 0.3) is 0 Å². The van der Waals surface area contributed by atoms with Gasteiger partial charge in [-0.25, -0.2) is 0 Å². The van der Waals surface area contributed by atoms with E-state index in [0.29, 0.717) is 11.7 Å². The molecule has 0 bridgehead atoms. The van der Waals surface area contributed by atoms with Crippen LogP contribution in [0.25, 0.3) is 0 Å². The van der Waals surface area contributed by atoms with Gasteiger partial charge in [0.05, 0.1) is 6.42 Å². The first-order valence-corrected chi connectivity index (χ1v) is 8.23. The highest BCUT2D eigenvalue weighted by molar-refractivity contribution is 7.99. The van der Waals surface area contributed by atoms with Crippen molar-refractivity contribution >= 4 is 17.7 Å². The number of aliphatic carboxylic acids is 1. The number of carbonyl (C=O) groups is 1. The van der Waals surface area contributed by atoms with Crippen LogP contribution < -0.4 is 0 Å². The standard InChI is InChI=1S/C15H28O2S/c1-3-5-6-7-8-9-10-11-14(4-2)18-13-12-15(16)17/h6-7,14H,3-5,8-13H2,1-2H3,(H,16,17). The van der Waals surface area contributed by atoms with Crippen LogP contribution in [0.1, 0.15) is 65.2 Å². The van der Waals surface area contributed by atoms with Crippen LogP contribution in [0.3, 0.4) is 0 Å². The van der Waals surface area contributed by atoms with Crippen molar-refractivity contribution in [2.75, 3.05) is 5.75 Å². The molecule has 0 fully saturated rings. The van der Waals surface area contributed by atoms with E-state index in [0.717, 1.165) is 12.2 Å². The van der Waals surface area contributed by atoms with Crippen molar-refractivity contribution in [3.8, 4) is 0 Å². The van der Waals surface area contributed by atoms with Gasteiger partial charge < -0.3 is 5.11 Å². The first-order chi connectivity index (χ1) is 8.70. The molecule has 0 amide bonds. The molecule has 0 aliphatic rings. The van der Waals surface area contributed by atoms with Crippen molar-refractivity contribution in [1.82, 2.24) is 0 Å². The minimum atomic E-state index is -0.682. The van der Waals surface area contributed by atoms with E-state index in [1.807, 2.05) is 11.8 Å². The first kappa shape index (κ1) is 17.6. The maximum Gasteiger partial charge on any atom is 0.304 e. The van der Waals surface area contributed by atoms with Crippen molar-refractivity contribution < 1.29 is 9.90 Å². The van der Waals surface area contributed by atoms with E-state index >= 15 is 0 Å². The van der Waals surface area contributed by atoms with Crippen LogP contribution in [0.2, 0.25) is 0 Å². The fourth-order valence-corrected chi connectivity index (χ4v) is 2.95. The van der Waals surface area contributed by atoms with Crippen molar-refractivity contribution in [1.29, 1.82) is 0 Å². The van der Waals surface area contributed by atoms with Gasteiger partial charge in [-0.2, -0.15) is 11.8 Å². The summed E-state index contributed by atoms with van der Waals surface area (Å²) >= 11 is 1.82. The van der Waals surface area contributed by atoms with Crippen LogP contribution in [0.5, 0.6) is 0 Å². The molecule has 18 heavy (non-hydrogen) atoms. The van der Waals surface area contributed by atoms with E-state index in [1.54, 1.807) is 0 Å². The molecule has 0 saturated heterocycles. The van der Waals surface area contributed by atoms with Gasteiger partial charge in [-0.3, -0.25) is 4.79 Å². The summed E-state index contributed by atoms with van der Waals surface area (Å²) in [5.74, 6) is 0.0722. The zero-order chi connectivity index (χ0) is 13.6. The Hall–Kier alpha value is -0.440. The summed E-state index contributed by atoms with van der Waals surface area (Å²) in [6.45, 7) is 4.39. The van der Waals surface area contributed by atoms with Gasteiger partial charge in [0.1, 0.15) is 0 Å². The summed E-state index contributed by atoms with van der Waals surface area (Å²) in [7, 11) is 0. The Morgan fingerprint density at radius 2 is 1.94 bits per heavy atom. The minimum absolute atomic E-state index is 0.293. The van der Waals surface area contributed by atoms with Gasteiger partial charge in [0, 0.05) is 11.0 Å². The van der Waals surface area contributed by atoms with Crippen LogP contribution in [-0.2, 0) is 4.79 Å². The second kappa shape index (κ2) is 13.0. The Labute approximate surface area is 116 Å². The third-order valence-electron chi connectivity index (χ3n) is 2.89. The Bertz CT molecular complexity index is 227. The zero-order valence-electron chi connectivity index (χ0n) is 11.9. The predicted octanol–water partition coefficient (Wildman–Crippen LogP) is 4.89. The lowest BCUT2D eigenvalue weighted by Gasteiger charge is -2.13. The molecule has 106 valence electrons. The maximum atomic E-state index is 10.4. The fraction of sp³-hybridized carbons (Fsp3) is 0.800. The number of carboxylic acid groups (broad SMARTS) is 1. The second-order valence-corrected chi connectivity index (χ2v) is 6.00. The predicted molar refractivity (Wildman–Crippen MR) is 81.3 cm³/mol. The minimum Gasteiger partial charge on any atom is -0.481 e. The normalized spacial score (nSPS) is 13.0. The van der Waals surface area contributed by atoms with Gasteiger partial charge >= 0.3 is 5.97 Å².